The summed E-state index contributed by atoms with van der Waals surface area (Å²) >= 11 is 0. The lowest BCUT2D eigenvalue weighted by atomic mass is 10.2. The second-order valence-corrected chi connectivity index (χ2v) is 9.31. The summed E-state index contributed by atoms with van der Waals surface area (Å²) in [5, 5.41) is 8.26. The van der Waals surface area contributed by atoms with E-state index in [2.05, 4.69) is 15.2 Å². The van der Waals surface area contributed by atoms with Crippen molar-refractivity contribution in [2.45, 2.75) is 44.6 Å². The monoisotopic (exact) mass is 407 g/mol. The van der Waals surface area contributed by atoms with Crippen LogP contribution in [0.3, 0.4) is 0 Å². The molecular weight excluding hydrogens is 382 g/mol. The maximum Gasteiger partial charge on any atom is 0.267 e. The highest BCUT2D eigenvalue weighted by Gasteiger charge is 2.33. The van der Waals surface area contributed by atoms with Gasteiger partial charge in [0.1, 0.15) is 10.6 Å². The van der Waals surface area contributed by atoms with Gasteiger partial charge in [-0.1, -0.05) is 5.16 Å². The number of hydrogen-bond acceptors (Lipinski definition) is 7. The van der Waals surface area contributed by atoms with E-state index >= 15 is 0 Å². The Labute approximate surface area is 164 Å². The molecule has 9 nitrogen and oxygen atoms in total. The van der Waals surface area contributed by atoms with Crippen molar-refractivity contribution >= 4 is 10.0 Å². The quantitative estimate of drug-likeness (QED) is 0.704. The van der Waals surface area contributed by atoms with Crippen LogP contribution in [0.15, 0.2) is 20.3 Å². The van der Waals surface area contributed by atoms with Crippen molar-refractivity contribution in [2.24, 2.45) is 0 Å². The molecule has 0 spiro atoms. The summed E-state index contributed by atoms with van der Waals surface area (Å²) in [6.07, 6.45) is 2.95. The molecule has 1 aliphatic carbocycles. The van der Waals surface area contributed by atoms with Crippen molar-refractivity contribution < 1.29 is 12.9 Å². The van der Waals surface area contributed by atoms with Gasteiger partial charge in [-0.2, -0.15) is 9.40 Å². The highest BCUT2D eigenvalue weighted by atomic mass is 32.2. The number of aromatic nitrogens is 3. The molecule has 0 atom stereocenters. The number of hydrogen-bond donors (Lipinski definition) is 0. The van der Waals surface area contributed by atoms with Gasteiger partial charge in [0, 0.05) is 38.8 Å². The van der Waals surface area contributed by atoms with Crippen LogP contribution in [0.2, 0.25) is 0 Å². The third kappa shape index (κ3) is 3.51. The number of rotatable bonds is 5. The van der Waals surface area contributed by atoms with Crippen LogP contribution in [0.4, 0.5) is 0 Å². The van der Waals surface area contributed by atoms with E-state index < -0.39 is 10.0 Å². The second-order valence-electron chi connectivity index (χ2n) is 7.43. The van der Waals surface area contributed by atoms with Crippen molar-refractivity contribution in [1.29, 1.82) is 0 Å². The first-order valence-electron chi connectivity index (χ1n) is 9.61. The van der Waals surface area contributed by atoms with Crippen LogP contribution in [-0.2, 0) is 29.4 Å². The molecule has 152 valence electrons. The Morgan fingerprint density at radius 2 is 1.86 bits per heavy atom. The van der Waals surface area contributed by atoms with Crippen molar-refractivity contribution in [3.05, 3.63) is 39.1 Å². The Morgan fingerprint density at radius 3 is 2.54 bits per heavy atom. The Morgan fingerprint density at radius 1 is 1.11 bits per heavy atom. The second kappa shape index (κ2) is 7.41. The van der Waals surface area contributed by atoms with Crippen LogP contribution in [-0.4, -0.2) is 65.3 Å². The van der Waals surface area contributed by atoms with E-state index in [9.17, 15) is 13.2 Å². The molecule has 2 aliphatic rings. The lowest BCUT2D eigenvalue weighted by Gasteiger charge is -2.33. The van der Waals surface area contributed by atoms with Gasteiger partial charge in [-0.25, -0.2) is 13.1 Å². The summed E-state index contributed by atoms with van der Waals surface area (Å²) < 4.78 is 33.8. The highest BCUT2D eigenvalue weighted by Crippen LogP contribution is 2.24. The highest BCUT2D eigenvalue weighted by molar-refractivity contribution is 7.89. The molecule has 28 heavy (non-hydrogen) atoms. The third-order valence-corrected chi connectivity index (χ3v) is 7.69. The predicted octanol–water partition coefficient (Wildman–Crippen LogP) is 0.343. The molecule has 0 radical (unpaired) electrons. The standard InChI is InChI=1S/C18H25N5O4S/c1-13-18(14(2)27-20-13)28(25,26)22-9-6-21(7-10-22)8-11-23-17(24)12-15-4-3-5-16(15)19-23/h12H,3-11H2,1-2H3. The van der Waals surface area contributed by atoms with Gasteiger partial charge < -0.3 is 4.52 Å². The molecule has 4 rings (SSSR count). The minimum Gasteiger partial charge on any atom is -0.360 e. The van der Waals surface area contributed by atoms with Crippen molar-refractivity contribution in [1.82, 2.24) is 24.1 Å². The number of sulfonamides is 1. The maximum atomic E-state index is 12.9. The number of aryl methyl sites for hydroxylation is 4. The molecule has 1 fully saturated rings. The molecule has 0 amide bonds. The van der Waals surface area contributed by atoms with Crippen LogP contribution in [0.25, 0.3) is 0 Å². The molecule has 10 heteroatoms. The molecule has 0 bridgehead atoms. The van der Waals surface area contributed by atoms with Crippen LogP contribution in [0, 0.1) is 13.8 Å². The predicted molar refractivity (Wildman–Crippen MR) is 102 cm³/mol. The number of nitrogens with zero attached hydrogens (tertiary/aromatic N) is 5. The van der Waals surface area contributed by atoms with Gasteiger partial charge in [0.15, 0.2) is 5.76 Å². The molecule has 0 aromatic carbocycles. The minimum atomic E-state index is -3.60. The van der Waals surface area contributed by atoms with Gasteiger partial charge in [-0.05, 0) is 38.7 Å². The molecular formula is C18H25N5O4S. The van der Waals surface area contributed by atoms with Gasteiger partial charge in [-0.3, -0.25) is 9.69 Å². The summed E-state index contributed by atoms with van der Waals surface area (Å²) in [5.74, 6) is 0.321. The van der Waals surface area contributed by atoms with E-state index in [0.717, 1.165) is 30.5 Å². The normalized spacial score (nSPS) is 18.5. The van der Waals surface area contributed by atoms with E-state index in [4.69, 9.17) is 4.52 Å². The first kappa shape index (κ1) is 19.3. The van der Waals surface area contributed by atoms with Crippen LogP contribution in [0.1, 0.15) is 29.1 Å². The summed E-state index contributed by atoms with van der Waals surface area (Å²) in [6, 6.07) is 1.71. The molecule has 0 N–H and O–H groups in total. The molecule has 0 saturated carbocycles. The molecule has 0 unspecified atom stereocenters. The lowest BCUT2D eigenvalue weighted by Crippen LogP contribution is -2.49. The zero-order valence-corrected chi connectivity index (χ0v) is 17.0. The maximum absolute atomic E-state index is 12.9. The van der Waals surface area contributed by atoms with Gasteiger partial charge in [0.2, 0.25) is 10.0 Å². The Hall–Kier alpha value is -2.04. The average molecular weight is 407 g/mol. The Bertz CT molecular complexity index is 1020. The lowest BCUT2D eigenvalue weighted by molar-refractivity contribution is 0.180. The fourth-order valence-corrected chi connectivity index (χ4v) is 5.71. The van der Waals surface area contributed by atoms with E-state index in [1.165, 1.54) is 8.99 Å². The molecule has 1 saturated heterocycles. The number of piperazine rings is 1. The Balaban J connectivity index is 1.37. The number of fused-ring (bicyclic) bond motifs is 1. The van der Waals surface area contributed by atoms with E-state index in [0.29, 0.717) is 50.7 Å². The first-order valence-corrected chi connectivity index (χ1v) is 11.1. The Kier molecular flexibility index (Phi) is 5.11. The largest absolute Gasteiger partial charge is 0.360 e. The summed E-state index contributed by atoms with van der Waals surface area (Å²) in [4.78, 5) is 14.6. The minimum absolute atomic E-state index is 0.0553. The molecule has 2 aromatic heterocycles. The average Bonchev–Trinajstić information content (AvgIpc) is 3.25. The van der Waals surface area contributed by atoms with Crippen LogP contribution in [0.5, 0.6) is 0 Å². The molecule has 1 aliphatic heterocycles. The summed E-state index contributed by atoms with van der Waals surface area (Å²) in [5.41, 5.74) is 2.46. The van der Waals surface area contributed by atoms with E-state index in [1.54, 1.807) is 19.9 Å². The fourth-order valence-electron chi connectivity index (χ4n) is 4.00. The van der Waals surface area contributed by atoms with Crippen LogP contribution < -0.4 is 5.56 Å². The van der Waals surface area contributed by atoms with Crippen molar-refractivity contribution in [2.75, 3.05) is 32.7 Å². The first-order chi connectivity index (χ1) is 13.4. The fraction of sp³-hybridized carbons (Fsp3) is 0.611. The van der Waals surface area contributed by atoms with Gasteiger partial charge >= 0.3 is 0 Å². The SMILES string of the molecule is Cc1noc(C)c1S(=O)(=O)N1CCN(CCn2nc3c(cc2=O)CCC3)CC1. The summed E-state index contributed by atoms with van der Waals surface area (Å²) in [6.45, 7) is 6.47. The van der Waals surface area contributed by atoms with Crippen molar-refractivity contribution in [3.63, 3.8) is 0 Å². The smallest absolute Gasteiger partial charge is 0.267 e. The zero-order valence-electron chi connectivity index (χ0n) is 16.2. The zero-order chi connectivity index (χ0) is 19.9. The molecule has 3 heterocycles. The van der Waals surface area contributed by atoms with Gasteiger partial charge in [0.25, 0.3) is 5.56 Å². The van der Waals surface area contributed by atoms with Gasteiger partial charge in [-0.15, -0.1) is 0 Å². The summed E-state index contributed by atoms with van der Waals surface area (Å²) in [7, 11) is -3.60. The van der Waals surface area contributed by atoms with E-state index in [1.807, 2.05) is 0 Å². The molecule has 2 aromatic rings. The third-order valence-electron chi connectivity index (χ3n) is 5.55. The van der Waals surface area contributed by atoms with Crippen molar-refractivity contribution in [3.8, 4) is 0 Å². The van der Waals surface area contributed by atoms with Gasteiger partial charge in [0.05, 0.1) is 12.2 Å². The topological polar surface area (TPSA) is 102 Å². The van der Waals surface area contributed by atoms with Crippen LogP contribution >= 0.6 is 0 Å². The van der Waals surface area contributed by atoms with E-state index in [-0.39, 0.29) is 10.5 Å².